The van der Waals surface area contributed by atoms with Gasteiger partial charge in [-0.25, -0.2) is 0 Å². The molecular formula is C34H46ClN7O4. The standard InChI is InChI=1S/C34H46ClN7O4/c35-26-15-12-22(13-16-26)20-30(42-32(44)27(38)9-3-5-17-36)34(46)40-28(10-4-6-18-37)33(45)41-29(31(39)43)21-23-11-14-24-7-1-2-8-25(24)19-23/h1-2,7-8,11-16,19,27-30H,3-6,9-10,17-18,20-21,36-38H2,(H2,39,43)(H,40,46)(H,41,45)(H,42,44). The maximum atomic E-state index is 13.7. The minimum Gasteiger partial charge on any atom is -0.368 e. The van der Waals surface area contributed by atoms with Gasteiger partial charge in [-0.15, -0.1) is 0 Å². The lowest BCUT2D eigenvalue weighted by molar-refractivity contribution is -0.133. The van der Waals surface area contributed by atoms with Crippen molar-refractivity contribution in [2.75, 3.05) is 13.1 Å². The molecule has 11 N–H and O–H groups in total. The number of benzene rings is 3. The van der Waals surface area contributed by atoms with E-state index in [1.165, 1.54) is 0 Å². The quantitative estimate of drug-likeness (QED) is 0.0955. The van der Waals surface area contributed by atoms with Gasteiger partial charge in [0, 0.05) is 17.9 Å². The molecular weight excluding hydrogens is 606 g/mol. The molecule has 12 heteroatoms. The van der Waals surface area contributed by atoms with Gasteiger partial charge in [0.1, 0.15) is 18.1 Å². The summed E-state index contributed by atoms with van der Waals surface area (Å²) < 4.78 is 0. The van der Waals surface area contributed by atoms with Crippen LogP contribution in [0.4, 0.5) is 0 Å². The van der Waals surface area contributed by atoms with E-state index < -0.39 is 47.8 Å². The van der Waals surface area contributed by atoms with Gasteiger partial charge in [-0.05, 0) is 79.2 Å². The minimum atomic E-state index is -1.04. The number of carbonyl (C=O) groups is 4. The van der Waals surface area contributed by atoms with E-state index in [9.17, 15) is 19.2 Å². The summed E-state index contributed by atoms with van der Waals surface area (Å²) in [4.78, 5) is 52.7. The molecule has 248 valence electrons. The smallest absolute Gasteiger partial charge is 0.243 e. The molecule has 3 aromatic rings. The van der Waals surface area contributed by atoms with E-state index in [2.05, 4.69) is 16.0 Å². The van der Waals surface area contributed by atoms with Crippen LogP contribution >= 0.6 is 11.6 Å². The normalized spacial score (nSPS) is 13.7. The summed E-state index contributed by atoms with van der Waals surface area (Å²) >= 11 is 6.04. The molecule has 4 amide bonds. The van der Waals surface area contributed by atoms with Crippen LogP contribution in [0.3, 0.4) is 0 Å². The molecule has 0 radical (unpaired) electrons. The Morgan fingerprint density at radius 3 is 1.83 bits per heavy atom. The van der Waals surface area contributed by atoms with Crippen LogP contribution in [-0.2, 0) is 32.0 Å². The number of halogens is 1. The first-order valence-corrected chi connectivity index (χ1v) is 16.1. The molecule has 4 atom stereocenters. The van der Waals surface area contributed by atoms with Gasteiger partial charge in [-0.2, -0.15) is 0 Å². The Balaban J connectivity index is 1.77. The number of primary amides is 1. The third kappa shape index (κ3) is 11.7. The predicted octanol–water partition coefficient (Wildman–Crippen LogP) is 1.80. The highest BCUT2D eigenvalue weighted by molar-refractivity contribution is 6.30. The molecule has 3 aromatic carbocycles. The molecule has 11 nitrogen and oxygen atoms in total. The lowest BCUT2D eigenvalue weighted by Crippen LogP contribution is -2.58. The molecule has 0 fully saturated rings. The molecule has 0 saturated carbocycles. The molecule has 0 bridgehead atoms. The highest BCUT2D eigenvalue weighted by Gasteiger charge is 2.30. The summed E-state index contributed by atoms with van der Waals surface area (Å²) in [6, 6.07) is 16.6. The number of hydrogen-bond acceptors (Lipinski definition) is 7. The summed E-state index contributed by atoms with van der Waals surface area (Å²) in [5.74, 6) is -2.33. The highest BCUT2D eigenvalue weighted by Crippen LogP contribution is 2.17. The Kier molecular flexibility index (Phi) is 14.9. The molecule has 3 rings (SSSR count). The number of amides is 4. The molecule has 0 aliphatic heterocycles. The summed E-state index contributed by atoms with van der Waals surface area (Å²) in [5.41, 5.74) is 24.6. The van der Waals surface area contributed by atoms with Crippen LogP contribution < -0.4 is 38.9 Å². The molecule has 0 saturated heterocycles. The molecule has 0 aliphatic rings. The molecule has 46 heavy (non-hydrogen) atoms. The van der Waals surface area contributed by atoms with E-state index in [0.717, 1.165) is 28.3 Å². The molecule has 4 unspecified atom stereocenters. The van der Waals surface area contributed by atoms with E-state index in [1.807, 2.05) is 42.5 Å². The first-order valence-electron chi connectivity index (χ1n) is 15.7. The van der Waals surface area contributed by atoms with Crippen LogP contribution in [0.2, 0.25) is 5.02 Å². The molecule has 0 spiro atoms. The van der Waals surface area contributed by atoms with E-state index in [0.29, 0.717) is 43.8 Å². The molecule has 0 aliphatic carbocycles. The lowest BCUT2D eigenvalue weighted by Gasteiger charge is -2.26. The van der Waals surface area contributed by atoms with Crippen molar-refractivity contribution >= 4 is 46.0 Å². The van der Waals surface area contributed by atoms with Crippen molar-refractivity contribution in [1.82, 2.24) is 16.0 Å². The van der Waals surface area contributed by atoms with E-state index in [1.54, 1.807) is 24.3 Å². The SMILES string of the molecule is NCCCCC(N)C(=O)NC(Cc1ccc(Cl)cc1)C(=O)NC(CCCCN)C(=O)NC(Cc1ccc2ccccc2c1)C(N)=O. The third-order valence-electron chi connectivity index (χ3n) is 7.79. The second kappa shape index (κ2) is 18.8. The Labute approximate surface area is 275 Å². The van der Waals surface area contributed by atoms with Crippen LogP contribution in [0.1, 0.15) is 49.7 Å². The predicted molar refractivity (Wildman–Crippen MR) is 182 cm³/mol. The summed E-state index contributed by atoms with van der Waals surface area (Å²) in [7, 11) is 0. The zero-order chi connectivity index (χ0) is 33.5. The van der Waals surface area contributed by atoms with Crippen LogP contribution in [0, 0.1) is 0 Å². The zero-order valence-electron chi connectivity index (χ0n) is 26.1. The van der Waals surface area contributed by atoms with E-state index in [4.69, 9.17) is 34.5 Å². The van der Waals surface area contributed by atoms with Gasteiger partial charge >= 0.3 is 0 Å². The number of hydrogen-bond donors (Lipinski definition) is 7. The summed E-state index contributed by atoms with van der Waals surface area (Å²) in [5, 5.41) is 10.9. The van der Waals surface area contributed by atoms with Crippen molar-refractivity contribution in [3.63, 3.8) is 0 Å². The largest absolute Gasteiger partial charge is 0.368 e. The van der Waals surface area contributed by atoms with Crippen LogP contribution in [0.5, 0.6) is 0 Å². The Bertz CT molecular complexity index is 1450. The average Bonchev–Trinajstić information content (AvgIpc) is 3.04. The Hall–Kier alpha value is -4.03. The monoisotopic (exact) mass is 651 g/mol. The van der Waals surface area contributed by atoms with Crippen LogP contribution in [0.15, 0.2) is 66.7 Å². The maximum Gasteiger partial charge on any atom is 0.243 e. The van der Waals surface area contributed by atoms with E-state index >= 15 is 0 Å². The number of nitrogens with two attached hydrogens (primary N) is 4. The minimum absolute atomic E-state index is 0.132. The molecule has 0 heterocycles. The lowest BCUT2D eigenvalue weighted by atomic mass is 10.00. The summed E-state index contributed by atoms with van der Waals surface area (Å²) in [6.45, 7) is 0.897. The van der Waals surface area contributed by atoms with Gasteiger partial charge in [0.15, 0.2) is 0 Å². The number of nitrogens with one attached hydrogen (secondary N) is 3. The maximum absolute atomic E-state index is 13.7. The fraction of sp³-hybridized carbons (Fsp3) is 0.412. The highest BCUT2D eigenvalue weighted by atomic mass is 35.5. The third-order valence-corrected chi connectivity index (χ3v) is 8.04. The second-order valence-electron chi connectivity index (χ2n) is 11.5. The van der Waals surface area contributed by atoms with Crippen molar-refractivity contribution < 1.29 is 19.2 Å². The van der Waals surface area contributed by atoms with Crippen molar-refractivity contribution in [2.45, 2.75) is 75.5 Å². The fourth-order valence-electron chi connectivity index (χ4n) is 5.11. The van der Waals surface area contributed by atoms with Gasteiger partial charge < -0.3 is 38.9 Å². The van der Waals surface area contributed by atoms with Gasteiger partial charge in [0.25, 0.3) is 0 Å². The first kappa shape index (κ1) is 36.4. The average molecular weight is 652 g/mol. The van der Waals surface area contributed by atoms with Crippen LogP contribution in [-0.4, -0.2) is 60.9 Å². The van der Waals surface area contributed by atoms with Gasteiger partial charge in [0.2, 0.25) is 23.6 Å². The Morgan fingerprint density at radius 2 is 1.17 bits per heavy atom. The zero-order valence-corrected chi connectivity index (χ0v) is 26.8. The van der Waals surface area contributed by atoms with Crippen molar-refractivity contribution in [3.05, 3.63) is 82.9 Å². The first-order chi connectivity index (χ1) is 22.1. The van der Waals surface area contributed by atoms with E-state index in [-0.39, 0.29) is 19.3 Å². The van der Waals surface area contributed by atoms with Crippen molar-refractivity contribution in [2.24, 2.45) is 22.9 Å². The molecule has 0 aromatic heterocycles. The second-order valence-corrected chi connectivity index (χ2v) is 11.9. The van der Waals surface area contributed by atoms with Crippen LogP contribution in [0.25, 0.3) is 10.8 Å². The number of rotatable bonds is 19. The fourth-order valence-corrected chi connectivity index (χ4v) is 5.24. The summed E-state index contributed by atoms with van der Waals surface area (Å²) in [6.07, 6.45) is 3.54. The number of unbranched alkanes of at least 4 members (excludes halogenated alkanes) is 2. The van der Waals surface area contributed by atoms with Gasteiger partial charge in [0.05, 0.1) is 6.04 Å². The Morgan fingerprint density at radius 1 is 0.630 bits per heavy atom. The number of fused-ring (bicyclic) bond motifs is 1. The van der Waals surface area contributed by atoms with Crippen molar-refractivity contribution in [3.8, 4) is 0 Å². The number of carbonyl (C=O) groups excluding carboxylic acids is 4. The van der Waals surface area contributed by atoms with Gasteiger partial charge in [-0.1, -0.05) is 72.6 Å². The topological polar surface area (TPSA) is 208 Å². The van der Waals surface area contributed by atoms with Crippen molar-refractivity contribution in [1.29, 1.82) is 0 Å². The van der Waals surface area contributed by atoms with Gasteiger partial charge in [-0.3, -0.25) is 19.2 Å².